The SMILES string of the molecule is CCN(C)CC(C)NCCc1ccc(Cl)c(Cl)c1. The minimum Gasteiger partial charge on any atom is -0.313 e. The number of benzene rings is 1. The fourth-order valence-corrected chi connectivity index (χ4v) is 2.14. The van der Waals surface area contributed by atoms with Gasteiger partial charge < -0.3 is 10.2 Å². The van der Waals surface area contributed by atoms with E-state index in [1.807, 2.05) is 18.2 Å². The summed E-state index contributed by atoms with van der Waals surface area (Å²) in [7, 11) is 2.14. The van der Waals surface area contributed by atoms with Crippen molar-refractivity contribution in [3.63, 3.8) is 0 Å². The maximum absolute atomic E-state index is 5.98. The van der Waals surface area contributed by atoms with Crippen molar-refractivity contribution in [1.29, 1.82) is 0 Å². The standard InChI is InChI=1S/C14H22Cl2N2/c1-4-18(3)10-11(2)17-8-7-12-5-6-13(15)14(16)9-12/h5-6,9,11,17H,4,7-8,10H2,1-3H3. The van der Waals surface area contributed by atoms with Gasteiger partial charge in [-0.1, -0.05) is 36.2 Å². The van der Waals surface area contributed by atoms with Crippen molar-refractivity contribution in [2.24, 2.45) is 0 Å². The Morgan fingerprint density at radius 2 is 2.00 bits per heavy atom. The van der Waals surface area contributed by atoms with Crippen LogP contribution in [0.15, 0.2) is 18.2 Å². The molecular formula is C14H22Cl2N2. The molecule has 1 unspecified atom stereocenters. The Morgan fingerprint density at radius 3 is 2.61 bits per heavy atom. The van der Waals surface area contributed by atoms with E-state index in [9.17, 15) is 0 Å². The second-order valence-electron chi connectivity index (χ2n) is 4.71. The second kappa shape index (κ2) is 8.00. The Hall–Kier alpha value is -0.280. The fraction of sp³-hybridized carbons (Fsp3) is 0.571. The zero-order chi connectivity index (χ0) is 13.5. The summed E-state index contributed by atoms with van der Waals surface area (Å²) in [6.07, 6.45) is 0.969. The van der Waals surface area contributed by atoms with Crippen LogP contribution in [-0.2, 0) is 6.42 Å². The first-order valence-electron chi connectivity index (χ1n) is 6.38. The summed E-state index contributed by atoms with van der Waals surface area (Å²) >= 11 is 11.9. The molecule has 102 valence electrons. The van der Waals surface area contributed by atoms with Crippen LogP contribution >= 0.6 is 23.2 Å². The lowest BCUT2D eigenvalue weighted by Gasteiger charge is -2.20. The molecule has 1 rings (SSSR count). The molecule has 0 aromatic heterocycles. The van der Waals surface area contributed by atoms with Gasteiger partial charge >= 0.3 is 0 Å². The van der Waals surface area contributed by atoms with E-state index in [0.29, 0.717) is 16.1 Å². The summed E-state index contributed by atoms with van der Waals surface area (Å²) in [5, 5.41) is 4.76. The Morgan fingerprint density at radius 1 is 1.28 bits per heavy atom. The zero-order valence-corrected chi connectivity index (χ0v) is 12.9. The smallest absolute Gasteiger partial charge is 0.0595 e. The van der Waals surface area contributed by atoms with Gasteiger partial charge in [-0.25, -0.2) is 0 Å². The van der Waals surface area contributed by atoms with Crippen LogP contribution in [-0.4, -0.2) is 37.6 Å². The Balaban J connectivity index is 2.30. The van der Waals surface area contributed by atoms with Gasteiger partial charge in [0.05, 0.1) is 10.0 Å². The quantitative estimate of drug-likeness (QED) is 0.827. The minimum atomic E-state index is 0.498. The van der Waals surface area contributed by atoms with Gasteiger partial charge in [-0.05, 0) is 51.2 Å². The van der Waals surface area contributed by atoms with Crippen molar-refractivity contribution >= 4 is 23.2 Å². The molecular weight excluding hydrogens is 267 g/mol. The van der Waals surface area contributed by atoms with E-state index in [-0.39, 0.29) is 0 Å². The molecule has 18 heavy (non-hydrogen) atoms. The molecule has 0 amide bonds. The van der Waals surface area contributed by atoms with Gasteiger partial charge in [-0.3, -0.25) is 0 Å². The molecule has 0 fully saturated rings. The number of rotatable bonds is 7. The molecule has 0 aliphatic rings. The molecule has 1 aromatic rings. The summed E-state index contributed by atoms with van der Waals surface area (Å²) in [6.45, 7) is 7.48. The van der Waals surface area contributed by atoms with Crippen molar-refractivity contribution in [1.82, 2.24) is 10.2 Å². The summed E-state index contributed by atoms with van der Waals surface area (Å²) in [5.41, 5.74) is 1.22. The van der Waals surface area contributed by atoms with Gasteiger partial charge in [0.25, 0.3) is 0 Å². The van der Waals surface area contributed by atoms with Crippen LogP contribution in [0.25, 0.3) is 0 Å². The molecule has 0 saturated heterocycles. The molecule has 0 aliphatic carbocycles. The molecule has 1 N–H and O–H groups in total. The number of hydrogen-bond donors (Lipinski definition) is 1. The highest BCUT2D eigenvalue weighted by atomic mass is 35.5. The average Bonchev–Trinajstić information content (AvgIpc) is 2.33. The van der Waals surface area contributed by atoms with Gasteiger partial charge in [0, 0.05) is 12.6 Å². The highest BCUT2D eigenvalue weighted by Gasteiger charge is 2.04. The van der Waals surface area contributed by atoms with Crippen molar-refractivity contribution in [3.05, 3.63) is 33.8 Å². The largest absolute Gasteiger partial charge is 0.313 e. The van der Waals surface area contributed by atoms with E-state index in [4.69, 9.17) is 23.2 Å². The lowest BCUT2D eigenvalue weighted by Crippen LogP contribution is -2.38. The van der Waals surface area contributed by atoms with Crippen molar-refractivity contribution < 1.29 is 0 Å². The molecule has 1 aromatic carbocycles. The third-order valence-corrected chi connectivity index (χ3v) is 3.75. The lowest BCUT2D eigenvalue weighted by molar-refractivity contribution is 0.311. The molecule has 4 heteroatoms. The zero-order valence-electron chi connectivity index (χ0n) is 11.3. The van der Waals surface area contributed by atoms with Gasteiger partial charge in [-0.2, -0.15) is 0 Å². The predicted molar refractivity (Wildman–Crippen MR) is 80.8 cm³/mol. The maximum atomic E-state index is 5.98. The lowest BCUT2D eigenvalue weighted by atomic mass is 10.1. The van der Waals surface area contributed by atoms with E-state index in [2.05, 4.69) is 31.1 Å². The van der Waals surface area contributed by atoms with Gasteiger partial charge in [-0.15, -0.1) is 0 Å². The molecule has 0 aliphatic heterocycles. The molecule has 0 bridgehead atoms. The first kappa shape index (κ1) is 15.8. The first-order valence-corrected chi connectivity index (χ1v) is 7.14. The van der Waals surface area contributed by atoms with Crippen LogP contribution in [0, 0.1) is 0 Å². The molecule has 2 nitrogen and oxygen atoms in total. The van der Waals surface area contributed by atoms with Crippen molar-refractivity contribution in [2.75, 3.05) is 26.7 Å². The van der Waals surface area contributed by atoms with Crippen molar-refractivity contribution in [2.45, 2.75) is 26.3 Å². The number of nitrogens with one attached hydrogen (secondary N) is 1. The van der Waals surface area contributed by atoms with Gasteiger partial charge in [0.2, 0.25) is 0 Å². The molecule has 0 heterocycles. The third kappa shape index (κ3) is 5.57. The van der Waals surface area contributed by atoms with Crippen LogP contribution in [0.4, 0.5) is 0 Å². The maximum Gasteiger partial charge on any atom is 0.0595 e. The highest BCUT2D eigenvalue weighted by molar-refractivity contribution is 6.42. The average molecular weight is 289 g/mol. The van der Waals surface area contributed by atoms with E-state index in [0.717, 1.165) is 26.1 Å². The van der Waals surface area contributed by atoms with Crippen LogP contribution in [0.2, 0.25) is 10.0 Å². The number of hydrogen-bond acceptors (Lipinski definition) is 2. The molecule has 0 spiro atoms. The third-order valence-electron chi connectivity index (χ3n) is 3.02. The highest BCUT2D eigenvalue weighted by Crippen LogP contribution is 2.22. The van der Waals surface area contributed by atoms with Crippen LogP contribution < -0.4 is 5.32 Å². The fourth-order valence-electron chi connectivity index (χ4n) is 1.82. The van der Waals surface area contributed by atoms with Crippen LogP contribution in [0.1, 0.15) is 19.4 Å². The summed E-state index contributed by atoms with van der Waals surface area (Å²) in [4.78, 5) is 2.30. The van der Waals surface area contributed by atoms with Gasteiger partial charge in [0.15, 0.2) is 0 Å². The van der Waals surface area contributed by atoms with E-state index in [1.165, 1.54) is 5.56 Å². The topological polar surface area (TPSA) is 15.3 Å². The summed E-state index contributed by atoms with van der Waals surface area (Å²) in [6, 6.07) is 6.32. The van der Waals surface area contributed by atoms with E-state index >= 15 is 0 Å². The number of nitrogens with zero attached hydrogens (tertiary/aromatic N) is 1. The van der Waals surface area contributed by atoms with Crippen molar-refractivity contribution in [3.8, 4) is 0 Å². The monoisotopic (exact) mass is 288 g/mol. The molecule has 0 radical (unpaired) electrons. The summed E-state index contributed by atoms with van der Waals surface area (Å²) < 4.78 is 0. The summed E-state index contributed by atoms with van der Waals surface area (Å²) in [5.74, 6) is 0. The second-order valence-corrected chi connectivity index (χ2v) is 5.52. The molecule has 0 saturated carbocycles. The predicted octanol–water partition coefficient (Wildman–Crippen LogP) is 3.47. The van der Waals surface area contributed by atoms with Gasteiger partial charge in [0.1, 0.15) is 0 Å². The number of halogens is 2. The van der Waals surface area contributed by atoms with E-state index in [1.54, 1.807) is 0 Å². The molecule has 1 atom stereocenters. The Labute approximate surface area is 120 Å². The Kier molecular flexibility index (Phi) is 7.02. The van der Waals surface area contributed by atoms with Crippen LogP contribution in [0.3, 0.4) is 0 Å². The minimum absolute atomic E-state index is 0.498. The number of likely N-dealkylation sites (N-methyl/N-ethyl adjacent to an activating group) is 1. The van der Waals surface area contributed by atoms with Crippen LogP contribution in [0.5, 0.6) is 0 Å². The Bertz CT molecular complexity index is 369. The first-order chi connectivity index (χ1) is 8.52. The van der Waals surface area contributed by atoms with E-state index < -0.39 is 0 Å². The normalized spacial score (nSPS) is 13.0.